The predicted octanol–water partition coefficient (Wildman–Crippen LogP) is 15.5. The van der Waals surface area contributed by atoms with Crippen molar-refractivity contribution in [2.45, 2.75) is 458 Å². The number of nitrogens with two attached hydrogens (primary N) is 2. The minimum atomic E-state index is -0.588. The Morgan fingerprint density at radius 2 is 0.718 bits per heavy atom. The molecule has 7 heterocycles. The van der Waals surface area contributed by atoms with E-state index in [0.29, 0.717) is 42.9 Å². The SMILES string of the molecule is CCCCN=C(N)NC(=NCCCC)NC(C)(C)N(CCCCCCN(c1nc(N(CCCC)C2CC(C)(C)NC(C)(C)C2)nc(C(C)(C)N(CCCCCCN(c2nc(N)nc(NCCCC)n2)C2CC(C)(C)NC(C)(C)C2)C2CC(C)(C)NC(C)(C)C2)n1)C1CC(C)(C)NC(C)(C)C1)C1CC(C)(C)NC(C)(C)C1. The van der Waals surface area contributed by atoms with E-state index in [-0.39, 0.29) is 85.5 Å². The number of nitrogens with zero attached hydrogens (tertiary/aromatic N) is 13. The van der Waals surface area contributed by atoms with Crippen molar-refractivity contribution in [3.63, 3.8) is 0 Å². The fourth-order valence-corrected chi connectivity index (χ4v) is 21.1. The molecule has 5 aliphatic heterocycles. The average Bonchev–Trinajstić information content (AvgIpc) is 0.756. The number of rotatable bonds is 39. The van der Waals surface area contributed by atoms with E-state index in [0.717, 1.165) is 224 Å². The molecule has 0 bridgehead atoms. The first-order valence-electron chi connectivity index (χ1n) is 44.1. The number of nitrogen functional groups attached to an aromatic ring is 1. The molecule has 0 unspecified atom stereocenters. The molecule has 0 amide bonds. The molecule has 632 valence electrons. The van der Waals surface area contributed by atoms with Crippen LogP contribution in [0.4, 0.5) is 29.7 Å². The van der Waals surface area contributed by atoms with Gasteiger partial charge in [-0.05, 0) is 288 Å². The molecule has 12 N–H and O–H groups in total. The van der Waals surface area contributed by atoms with Crippen molar-refractivity contribution in [2.24, 2.45) is 15.7 Å². The Morgan fingerprint density at radius 3 is 1.10 bits per heavy atom. The van der Waals surface area contributed by atoms with Gasteiger partial charge in [-0.3, -0.25) is 25.1 Å². The van der Waals surface area contributed by atoms with Crippen LogP contribution in [-0.2, 0) is 5.54 Å². The summed E-state index contributed by atoms with van der Waals surface area (Å²) in [4.78, 5) is 55.8. The smallest absolute Gasteiger partial charge is 0.232 e. The third-order valence-corrected chi connectivity index (χ3v) is 24.0. The van der Waals surface area contributed by atoms with E-state index >= 15 is 0 Å². The van der Waals surface area contributed by atoms with Crippen molar-refractivity contribution in [1.82, 2.24) is 76.9 Å². The number of unbranched alkanes of at least 4 members (excludes halogenated alkanes) is 10. The Labute approximate surface area is 672 Å². The number of guanidine groups is 2. The Hall–Kier alpha value is -4.52. The van der Waals surface area contributed by atoms with Gasteiger partial charge < -0.3 is 63.4 Å². The number of hydrogen-bond donors (Lipinski definition) is 10. The highest BCUT2D eigenvalue weighted by Gasteiger charge is 2.50. The van der Waals surface area contributed by atoms with Crippen molar-refractivity contribution in [1.29, 1.82) is 0 Å². The van der Waals surface area contributed by atoms with Gasteiger partial charge >= 0.3 is 0 Å². The lowest BCUT2D eigenvalue weighted by Gasteiger charge is -2.53. The van der Waals surface area contributed by atoms with Gasteiger partial charge in [-0.1, -0.05) is 79.1 Å². The Morgan fingerprint density at radius 1 is 0.391 bits per heavy atom. The number of hydrogen-bond acceptors (Lipinski definition) is 20. The zero-order valence-corrected chi connectivity index (χ0v) is 75.9. The third-order valence-electron chi connectivity index (χ3n) is 24.0. The summed E-state index contributed by atoms with van der Waals surface area (Å²) in [5, 5.41) is 31.0. The van der Waals surface area contributed by atoms with Crippen molar-refractivity contribution in [3.05, 3.63) is 5.82 Å². The standard InChI is InChI=1S/C87H169N23/c1-29-33-45-90-69(88)95-72(92-47-35-31-3)100-87(27,28)110(67-61-84(21,22)105-85(23,24)62-67)52-44-40-38-41-49-107(64-55-78(9,10)102-79(11,12)56-64)74-94-68(93-73(99-74)106(48-36-32-4)63-53-76(5,6)101-77(7,8)54-63)86(25,26)109(66-59-82(17,18)104-83(19,20)60-66)51-43-39-37-42-50-108(65-57-80(13,14)103-81(15,16)58-65)75-97-70(89)96-71(98-75)91-46-34-30-2/h63-67,101-105H,29-62H2,1-28H3,(H4,88,90,92,95,100)(H3,89,91,96,97,98). The predicted molar refractivity (Wildman–Crippen MR) is 468 cm³/mol. The Balaban J connectivity index is 1.26. The van der Waals surface area contributed by atoms with Gasteiger partial charge in [0, 0.05) is 131 Å². The maximum atomic E-state index is 6.61. The lowest BCUT2D eigenvalue weighted by molar-refractivity contribution is -0.00363. The second-order valence-electron chi connectivity index (χ2n) is 42.4. The summed E-state index contributed by atoms with van der Waals surface area (Å²) in [6.07, 6.45) is 26.8. The summed E-state index contributed by atoms with van der Waals surface area (Å²) in [5.41, 5.74) is 11.3. The number of anilines is 5. The van der Waals surface area contributed by atoms with Gasteiger partial charge in [0.2, 0.25) is 29.7 Å². The fourth-order valence-electron chi connectivity index (χ4n) is 21.1. The second kappa shape index (κ2) is 38.0. The minimum Gasteiger partial charge on any atom is -0.370 e. The molecule has 23 nitrogen and oxygen atoms in total. The summed E-state index contributed by atoms with van der Waals surface area (Å²) in [6.45, 7) is 72.8. The molecule has 110 heavy (non-hydrogen) atoms. The van der Waals surface area contributed by atoms with E-state index in [1.807, 2.05) is 0 Å². The third kappa shape index (κ3) is 28.4. The van der Waals surface area contributed by atoms with Crippen LogP contribution in [0.3, 0.4) is 0 Å². The van der Waals surface area contributed by atoms with E-state index in [4.69, 9.17) is 46.4 Å². The van der Waals surface area contributed by atoms with Gasteiger partial charge in [0.05, 0.1) is 11.2 Å². The van der Waals surface area contributed by atoms with Gasteiger partial charge in [-0.2, -0.15) is 29.9 Å². The van der Waals surface area contributed by atoms with E-state index < -0.39 is 11.2 Å². The monoisotopic (exact) mass is 1540 g/mol. The summed E-state index contributed by atoms with van der Waals surface area (Å²) < 4.78 is 0. The summed E-state index contributed by atoms with van der Waals surface area (Å²) >= 11 is 0. The average molecular weight is 1540 g/mol. The topological polar surface area (TPSA) is 267 Å². The number of nitrogens with one attached hydrogen (secondary N) is 8. The zero-order chi connectivity index (χ0) is 81.7. The summed E-state index contributed by atoms with van der Waals surface area (Å²) in [7, 11) is 0. The molecule has 7 rings (SSSR count). The van der Waals surface area contributed by atoms with Crippen LogP contribution in [0, 0.1) is 0 Å². The van der Waals surface area contributed by atoms with Crippen LogP contribution in [0.5, 0.6) is 0 Å². The van der Waals surface area contributed by atoms with E-state index in [1.165, 1.54) is 0 Å². The van der Waals surface area contributed by atoms with E-state index in [2.05, 4.69) is 266 Å². The molecule has 5 fully saturated rings. The lowest BCUT2D eigenvalue weighted by Crippen LogP contribution is -2.68. The molecule has 5 aliphatic rings. The van der Waals surface area contributed by atoms with Crippen molar-refractivity contribution in [2.75, 3.05) is 78.1 Å². The Kier molecular flexibility index (Phi) is 32.0. The molecular weight excluding hydrogens is 1370 g/mol. The molecule has 0 spiro atoms. The van der Waals surface area contributed by atoms with Crippen LogP contribution in [-0.4, -0.2) is 195 Å². The molecule has 2 aromatic heterocycles. The van der Waals surface area contributed by atoms with E-state index in [9.17, 15) is 0 Å². The van der Waals surface area contributed by atoms with Crippen LogP contribution in [0.15, 0.2) is 9.98 Å². The zero-order valence-electron chi connectivity index (χ0n) is 75.9. The largest absolute Gasteiger partial charge is 0.370 e. The van der Waals surface area contributed by atoms with E-state index in [1.54, 1.807) is 0 Å². The summed E-state index contributed by atoms with van der Waals surface area (Å²) in [6, 6.07) is 1.23. The number of aliphatic imine (C=N–C) groups is 2. The first-order chi connectivity index (χ1) is 50.9. The maximum Gasteiger partial charge on any atom is 0.232 e. The highest BCUT2D eigenvalue weighted by atomic mass is 15.4. The molecule has 0 saturated carbocycles. The van der Waals surface area contributed by atoms with Crippen LogP contribution >= 0.6 is 0 Å². The minimum absolute atomic E-state index is 0.0376. The fraction of sp³-hybridized carbons (Fsp3) is 0.908. The van der Waals surface area contributed by atoms with Crippen molar-refractivity contribution in [3.8, 4) is 0 Å². The molecule has 0 atom stereocenters. The molecule has 0 aromatic carbocycles. The van der Waals surface area contributed by atoms with Gasteiger partial charge in [-0.25, -0.2) is 0 Å². The summed E-state index contributed by atoms with van der Waals surface area (Å²) in [5.74, 6) is 5.16. The molecular formula is C87H169N23. The van der Waals surface area contributed by atoms with Gasteiger partial charge in [0.1, 0.15) is 0 Å². The van der Waals surface area contributed by atoms with Crippen LogP contribution < -0.4 is 68.7 Å². The molecule has 0 radical (unpaired) electrons. The van der Waals surface area contributed by atoms with Crippen LogP contribution in [0.2, 0.25) is 0 Å². The normalized spacial score (nSPS) is 22.3. The maximum absolute atomic E-state index is 6.61. The van der Waals surface area contributed by atoms with Gasteiger partial charge in [0.25, 0.3) is 0 Å². The highest BCUT2D eigenvalue weighted by Crippen LogP contribution is 2.43. The first kappa shape index (κ1) is 92.6. The van der Waals surface area contributed by atoms with Gasteiger partial charge in [0.15, 0.2) is 17.7 Å². The lowest BCUT2D eigenvalue weighted by atomic mass is 9.77. The number of piperidine rings is 5. The molecule has 2 aromatic rings. The highest BCUT2D eigenvalue weighted by molar-refractivity contribution is 5.98. The molecule has 23 heteroatoms. The van der Waals surface area contributed by atoms with Crippen LogP contribution in [0.1, 0.15) is 367 Å². The van der Waals surface area contributed by atoms with Gasteiger partial charge in [-0.15, -0.1) is 0 Å². The Bertz CT molecular complexity index is 3140. The molecule has 5 saturated heterocycles. The number of aromatic nitrogens is 6. The van der Waals surface area contributed by atoms with Crippen molar-refractivity contribution >= 4 is 41.7 Å². The first-order valence-corrected chi connectivity index (χ1v) is 44.1. The second-order valence-corrected chi connectivity index (χ2v) is 42.4. The molecule has 0 aliphatic carbocycles. The van der Waals surface area contributed by atoms with Crippen LogP contribution in [0.25, 0.3) is 0 Å². The quantitative estimate of drug-likeness (QED) is 0.0129. The van der Waals surface area contributed by atoms with Crippen molar-refractivity contribution < 1.29 is 0 Å².